The van der Waals surface area contributed by atoms with Gasteiger partial charge in [0.2, 0.25) is 5.95 Å². The van der Waals surface area contributed by atoms with Gasteiger partial charge < -0.3 is 15.9 Å². The van der Waals surface area contributed by atoms with Crippen molar-refractivity contribution in [2.75, 3.05) is 18.8 Å². The minimum atomic E-state index is -0.419. The van der Waals surface area contributed by atoms with E-state index in [1.54, 1.807) is 12.4 Å². The average Bonchev–Trinajstić information content (AvgIpc) is 2.69. The molecule has 0 unspecified atom stereocenters. The van der Waals surface area contributed by atoms with E-state index in [4.69, 9.17) is 16.2 Å². The highest BCUT2D eigenvalue weighted by atomic mass is 16.3. The van der Waals surface area contributed by atoms with Gasteiger partial charge in [0.25, 0.3) is 0 Å². The highest BCUT2D eigenvalue weighted by molar-refractivity contribution is 5.99. The number of nitrogens with two attached hydrogens (primary N) is 1. The number of benzene rings is 1. The van der Waals surface area contributed by atoms with Crippen molar-refractivity contribution in [1.29, 1.82) is 5.41 Å². The van der Waals surface area contributed by atoms with E-state index in [1.165, 1.54) is 0 Å². The fourth-order valence-electron chi connectivity index (χ4n) is 4.02. The molecule has 29 heavy (non-hydrogen) atoms. The van der Waals surface area contributed by atoms with Crippen molar-refractivity contribution in [2.45, 2.75) is 43.6 Å². The van der Waals surface area contributed by atoms with Crippen LogP contribution >= 0.6 is 0 Å². The Labute approximate surface area is 169 Å². The first-order chi connectivity index (χ1) is 14.0. The van der Waals surface area contributed by atoms with Crippen LogP contribution in [-0.4, -0.2) is 56.1 Å². The molecule has 1 aromatic heterocycles. The number of amidine groups is 2. The standard InChI is InChI=1S/C21H26N6O2/c22-18(26-20(29)27-10-6-17(28)7-11-27)21(8-1-9-21)16-4-2-14(3-5-16)15-12-24-19(23)25-13-15/h2-5,12-13,17,28H,1,6-11H2,(H2,22,26,29)(H2,23,24,25)/p+1. The quantitative estimate of drug-likeness (QED) is 0.413. The summed E-state index contributed by atoms with van der Waals surface area (Å²) in [5.74, 6) is 0.503. The van der Waals surface area contributed by atoms with Crippen LogP contribution in [0.4, 0.5) is 5.95 Å². The molecule has 1 saturated carbocycles. The van der Waals surface area contributed by atoms with Gasteiger partial charge in [0.15, 0.2) is 0 Å². The smallest absolute Gasteiger partial charge is 0.444 e. The van der Waals surface area contributed by atoms with Crippen molar-refractivity contribution in [3.63, 3.8) is 0 Å². The van der Waals surface area contributed by atoms with E-state index >= 15 is 0 Å². The Balaban J connectivity index is 1.53. The number of nitrogens with zero attached hydrogens (tertiary/aromatic N) is 4. The Hall–Kier alpha value is -3.00. The maximum Gasteiger partial charge on any atom is 0.444 e. The molecule has 152 valence electrons. The van der Waals surface area contributed by atoms with Crippen molar-refractivity contribution < 1.29 is 10.2 Å². The highest BCUT2D eigenvalue weighted by Crippen LogP contribution is 2.45. The van der Waals surface area contributed by atoms with E-state index in [-0.39, 0.29) is 23.9 Å². The minimum Gasteiger partial charge on any atom is -0.565 e. The zero-order valence-electron chi connectivity index (χ0n) is 16.3. The molecule has 8 nitrogen and oxygen atoms in total. The zero-order chi connectivity index (χ0) is 20.4. The number of rotatable bonds is 3. The number of aliphatic imine (C=N–C) groups is 1. The molecular weight excluding hydrogens is 368 g/mol. The Morgan fingerprint density at radius 3 is 2.31 bits per heavy atom. The second kappa shape index (κ2) is 7.79. The number of anilines is 1. The molecule has 8 heteroatoms. The Morgan fingerprint density at radius 1 is 1.14 bits per heavy atom. The molecule has 0 radical (unpaired) electrons. The minimum absolute atomic E-state index is 0.129. The van der Waals surface area contributed by atoms with Crippen LogP contribution in [0.15, 0.2) is 41.7 Å². The first kappa shape index (κ1) is 19.3. The summed E-state index contributed by atoms with van der Waals surface area (Å²) < 4.78 is 0. The van der Waals surface area contributed by atoms with Gasteiger partial charge in [-0.2, -0.15) is 0 Å². The third-order valence-electron chi connectivity index (χ3n) is 6.08. The number of piperidine rings is 1. The van der Waals surface area contributed by atoms with Gasteiger partial charge in [-0.3, -0.25) is 10.3 Å². The molecule has 2 aliphatic rings. The van der Waals surface area contributed by atoms with Gasteiger partial charge in [-0.1, -0.05) is 30.7 Å². The van der Waals surface area contributed by atoms with E-state index in [2.05, 4.69) is 15.0 Å². The van der Waals surface area contributed by atoms with Crippen LogP contribution in [-0.2, 0) is 5.41 Å². The summed E-state index contributed by atoms with van der Waals surface area (Å²) in [6.45, 7) is 1.23. The molecule has 1 saturated heterocycles. The maximum atomic E-state index is 9.65. The van der Waals surface area contributed by atoms with Gasteiger partial charge in [-0.15, -0.1) is 4.99 Å². The monoisotopic (exact) mass is 395 g/mol. The van der Waals surface area contributed by atoms with E-state index < -0.39 is 5.41 Å². The fourth-order valence-corrected chi connectivity index (χ4v) is 4.02. The summed E-state index contributed by atoms with van der Waals surface area (Å²) in [4.78, 5) is 14.3. The molecule has 1 aliphatic carbocycles. The van der Waals surface area contributed by atoms with Gasteiger partial charge in [0.1, 0.15) is 5.84 Å². The highest BCUT2D eigenvalue weighted by Gasteiger charge is 2.44. The van der Waals surface area contributed by atoms with Crippen LogP contribution in [0.1, 0.15) is 37.7 Å². The van der Waals surface area contributed by atoms with Gasteiger partial charge >= 0.3 is 6.02 Å². The van der Waals surface area contributed by atoms with Crippen molar-refractivity contribution in [3.05, 3.63) is 42.2 Å². The number of nitrogens with one attached hydrogen (secondary N) is 1. The first-order valence-electron chi connectivity index (χ1n) is 9.99. The Morgan fingerprint density at radius 2 is 1.76 bits per heavy atom. The molecule has 2 heterocycles. The lowest BCUT2D eigenvalue weighted by molar-refractivity contribution is 0.102. The summed E-state index contributed by atoms with van der Waals surface area (Å²) in [5.41, 5.74) is 8.07. The van der Waals surface area contributed by atoms with Gasteiger partial charge in [0, 0.05) is 31.0 Å². The number of likely N-dealkylation sites (tertiary alicyclic amines) is 1. The zero-order valence-corrected chi connectivity index (χ0v) is 16.3. The number of aromatic nitrogens is 2. The summed E-state index contributed by atoms with van der Waals surface area (Å²) >= 11 is 0. The van der Waals surface area contributed by atoms with Crippen molar-refractivity contribution in [2.24, 2.45) is 4.99 Å². The van der Waals surface area contributed by atoms with Crippen LogP contribution in [0.2, 0.25) is 0 Å². The predicted octanol–water partition coefficient (Wildman–Crippen LogP) is 1.66. The number of hydrogen-bond donors (Lipinski definition) is 3. The van der Waals surface area contributed by atoms with Crippen molar-refractivity contribution in [3.8, 4) is 11.1 Å². The van der Waals surface area contributed by atoms with E-state index in [9.17, 15) is 5.11 Å². The van der Waals surface area contributed by atoms with Crippen LogP contribution < -0.4 is 5.73 Å². The van der Waals surface area contributed by atoms with Crippen molar-refractivity contribution in [1.82, 2.24) is 14.9 Å². The number of aliphatic hydroxyl groups excluding tert-OH is 1. The SMILES string of the molecule is N=C(N=C([OH2+])N1CCC(O)CC1)C1(c2ccc(-c3cnc(N)nc3)cc2)CCC1. The van der Waals surface area contributed by atoms with Crippen molar-refractivity contribution >= 4 is 17.8 Å². The van der Waals surface area contributed by atoms with Crippen LogP contribution in [0.25, 0.3) is 11.1 Å². The second-order valence-electron chi connectivity index (χ2n) is 7.85. The molecule has 6 N–H and O–H groups in total. The molecule has 1 aliphatic heterocycles. The molecule has 1 aromatic carbocycles. The summed E-state index contributed by atoms with van der Waals surface area (Å²) in [7, 11) is 0. The largest absolute Gasteiger partial charge is 0.565 e. The van der Waals surface area contributed by atoms with E-state index in [0.717, 1.165) is 36.0 Å². The maximum absolute atomic E-state index is 9.65. The topological polar surface area (TPSA) is 134 Å². The Kier molecular flexibility index (Phi) is 5.19. The molecule has 2 aromatic rings. The lowest BCUT2D eigenvalue weighted by Crippen LogP contribution is -2.44. The average molecular weight is 395 g/mol. The molecular formula is C21H27N6O2+. The normalized spacial score (nSPS) is 19.6. The van der Waals surface area contributed by atoms with Gasteiger partial charge in [-0.05, 0) is 36.8 Å². The molecule has 0 bridgehead atoms. The van der Waals surface area contributed by atoms with Crippen LogP contribution in [0, 0.1) is 5.41 Å². The lowest BCUT2D eigenvalue weighted by atomic mass is 9.63. The third-order valence-corrected chi connectivity index (χ3v) is 6.08. The predicted molar refractivity (Wildman–Crippen MR) is 113 cm³/mol. The van der Waals surface area contributed by atoms with Gasteiger partial charge in [-0.25, -0.2) is 9.97 Å². The molecule has 4 rings (SSSR count). The third kappa shape index (κ3) is 3.80. The fraction of sp³-hybridized carbons (Fsp3) is 0.429. The van der Waals surface area contributed by atoms with E-state index in [1.807, 2.05) is 29.2 Å². The summed E-state index contributed by atoms with van der Waals surface area (Å²) in [5, 5.41) is 26.6. The Bertz CT molecular complexity index is 898. The van der Waals surface area contributed by atoms with Crippen LogP contribution in [0.3, 0.4) is 0 Å². The first-order valence-corrected chi connectivity index (χ1v) is 9.99. The van der Waals surface area contributed by atoms with Gasteiger partial charge in [0.05, 0.1) is 11.5 Å². The van der Waals surface area contributed by atoms with Crippen LogP contribution in [0.5, 0.6) is 0 Å². The number of nitrogen functional groups attached to an aromatic ring is 1. The van der Waals surface area contributed by atoms with E-state index in [0.29, 0.717) is 25.9 Å². The molecule has 0 atom stereocenters. The lowest BCUT2D eigenvalue weighted by Gasteiger charge is -2.41. The molecule has 0 spiro atoms. The molecule has 0 amide bonds. The summed E-state index contributed by atoms with van der Waals surface area (Å²) in [6, 6.07) is 8.22. The number of hydrogen-bond acceptors (Lipinski definition) is 5. The summed E-state index contributed by atoms with van der Waals surface area (Å²) in [6.07, 6.45) is 7.18. The molecule has 2 fully saturated rings. The number of aliphatic hydroxyl groups is 1. The second-order valence-corrected chi connectivity index (χ2v) is 7.85.